The molecule has 18 heavy (non-hydrogen) atoms. The molecule has 3 nitrogen and oxygen atoms in total. The Labute approximate surface area is 114 Å². The van der Waals surface area contributed by atoms with E-state index in [0.717, 1.165) is 11.1 Å². The topological polar surface area (TPSA) is 46.5 Å². The quantitative estimate of drug-likeness (QED) is 0.486. The Morgan fingerprint density at radius 3 is 1.78 bits per heavy atom. The second kappa shape index (κ2) is 7.98. The minimum absolute atomic E-state index is 0.244. The molecular formula is C14H21ClO3. The van der Waals surface area contributed by atoms with Crippen LogP contribution in [-0.2, 0) is 0 Å². The van der Waals surface area contributed by atoms with Crippen molar-refractivity contribution in [1.82, 2.24) is 0 Å². The zero-order valence-electron chi connectivity index (χ0n) is 11.5. The van der Waals surface area contributed by atoms with Crippen molar-refractivity contribution in [1.29, 1.82) is 0 Å². The van der Waals surface area contributed by atoms with Crippen molar-refractivity contribution in [3.05, 3.63) is 29.3 Å². The number of rotatable bonds is 3. The SMILES string of the molecule is CC(C)c1cccc(C(C)C)c1OC(=O)O.CCl. The van der Waals surface area contributed by atoms with Crippen LogP contribution in [0, 0.1) is 0 Å². The van der Waals surface area contributed by atoms with Gasteiger partial charge in [-0.1, -0.05) is 45.9 Å². The molecule has 0 aliphatic carbocycles. The van der Waals surface area contributed by atoms with Crippen molar-refractivity contribution < 1.29 is 14.6 Å². The van der Waals surface area contributed by atoms with Gasteiger partial charge in [-0.05, 0) is 23.0 Å². The van der Waals surface area contributed by atoms with E-state index in [2.05, 4.69) is 11.6 Å². The first-order chi connectivity index (χ1) is 8.43. The summed E-state index contributed by atoms with van der Waals surface area (Å²) in [5, 5.41) is 8.76. The number of hydrogen-bond acceptors (Lipinski definition) is 2. The average molecular weight is 273 g/mol. The molecule has 0 heterocycles. The van der Waals surface area contributed by atoms with Gasteiger partial charge in [0.15, 0.2) is 0 Å². The van der Waals surface area contributed by atoms with Gasteiger partial charge in [-0.25, -0.2) is 4.79 Å². The Bertz CT molecular complexity index is 360. The van der Waals surface area contributed by atoms with Gasteiger partial charge in [0.25, 0.3) is 0 Å². The molecule has 0 fully saturated rings. The van der Waals surface area contributed by atoms with E-state index in [9.17, 15) is 4.79 Å². The third kappa shape index (κ3) is 4.57. The minimum Gasteiger partial charge on any atom is -0.449 e. The number of halogens is 1. The number of ether oxygens (including phenoxy) is 1. The zero-order valence-corrected chi connectivity index (χ0v) is 12.3. The van der Waals surface area contributed by atoms with Gasteiger partial charge in [0, 0.05) is 6.38 Å². The van der Waals surface area contributed by atoms with Crippen LogP contribution in [0.4, 0.5) is 4.79 Å². The summed E-state index contributed by atoms with van der Waals surface area (Å²) in [6, 6.07) is 5.77. The van der Waals surface area contributed by atoms with Crippen LogP contribution in [-0.4, -0.2) is 17.6 Å². The molecule has 4 heteroatoms. The smallest absolute Gasteiger partial charge is 0.449 e. The molecule has 0 aromatic heterocycles. The monoisotopic (exact) mass is 272 g/mol. The molecule has 1 aromatic carbocycles. The van der Waals surface area contributed by atoms with E-state index in [0.29, 0.717) is 5.75 Å². The summed E-state index contributed by atoms with van der Waals surface area (Å²) in [4.78, 5) is 10.7. The largest absolute Gasteiger partial charge is 0.511 e. The van der Waals surface area contributed by atoms with Crippen LogP contribution in [0.15, 0.2) is 18.2 Å². The summed E-state index contributed by atoms with van der Waals surface area (Å²) >= 11 is 4.64. The number of carbonyl (C=O) groups is 1. The highest BCUT2D eigenvalue weighted by Gasteiger charge is 2.17. The summed E-state index contributed by atoms with van der Waals surface area (Å²) in [6.07, 6.45) is 0.218. The van der Waals surface area contributed by atoms with E-state index in [1.165, 1.54) is 6.38 Å². The van der Waals surface area contributed by atoms with Gasteiger partial charge >= 0.3 is 6.16 Å². The summed E-state index contributed by atoms with van der Waals surface area (Å²) < 4.78 is 4.92. The molecule has 0 aliphatic heterocycles. The van der Waals surface area contributed by atoms with Crippen molar-refractivity contribution in [2.45, 2.75) is 39.5 Å². The second-order valence-electron chi connectivity index (χ2n) is 4.44. The molecule has 1 aromatic rings. The van der Waals surface area contributed by atoms with Crippen LogP contribution in [0.5, 0.6) is 5.75 Å². The number of hydrogen-bond donors (Lipinski definition) is 1. The van der Waals surface area contributed by atoms with Gasteiger partial charge in [0.1, 0.15) is 5.75 Å². The molecule has 0 spiro atoms. The van der Waals surface area contributed by atoms with Crippen LogP contribution in [0.25, 0.3) is 0 Å². The Balaban J connectivity index is 0.00000137. The Hall–Kier alpha value is -1.22. The first kappa shape index (κ1) is 16.8. The third-order valence-electron chi connectivity index (χ3n) is 2.51. The lowest BCUT2D eigenvalue weighted by Crippen LogP contribution is -2.09. The van der Waals surface area contributed by atoms with Crippen molar-refractivity contribution in [2.75, 3.05) is 6.38 Å². The number of para-hydroxylation sites is 1. The van der Waals surface area contributed by atoms with Gasteiger partial charge in [-0.2, -0.15) is 0 Å². The average Bonchev–Trinajstić information content (AvgIpc) is 2.30. The second-order valence-corrected chi connectivity index (χ2v) is 4.44. The molecular weight excluding hydrogens is 252 g/mol. The highest BCUT2D eigenvalue weighted by molar-refractivity contribution is 6.15. The maximum Gasteiger partial charge on any atom is 0.511 e. The molecule has 0 unspecified atom stereocenters. The summed E-state index contributed by atoms with van der Waals surface area (Å²) in [7, 11) is 0. The van der Waals surface area contributed by atoms with E-state index in [-0.39, 0.29) is 11.8 Å². The van der Waals surface area contributed by atoms with E-state index in [1.807, 2.05) is 45.9 Å². The fourth-order valence-corrected chi connectivity index (χ4v) is 1.69. The predicted octanol–water partition coefficient (Wildman–Crippen LogP) is 4.85. The molecule has 0 bridgehead atoms. The lowest BCUT2D eigenvalue weighted by atomic mass is 9.94. The molecule has 1 N–H and O–H groups in total. The van der Waals surface area contributed by atoms with Crippen LogP contribution < -0.4 is 4.74 Å². The Morgan fingerprint density at radius 1 is 1.11 bits per heavy atom. The first-order valence-electron chi connectivity index (χ1n) is 5.84. The van der Waals surface area contributed by atoms with Crippen LogP contribution in [0.1, 0.15) is 50.7 Å². The molecule has 0 amide bonds. The van der Waals surface area contributed by atoms with E-state index >= 15 is 0 Å². The van der Waals surface area contributed by atoms with Crippen molar-refractivity contribution in [3.8, 4) is 5.75 Å². The van der Waals surface area contributed by atoms with E-state index < -0.39 is 6.16 Å². The fraction of sp³-hybridized carbons (Fsp3) is 0.500. The van der Waals surface area contributed by atoms with Crippen LogP contribution >= 0.6 is 11.6 Å². The summed E-state index contributed by atoms with van der Waals surface area (Å²) in [5.74, 6) is 0.987. The van der Waals surface area contributed by atoms with Gasteiger partial charge < -0.3 is 9.84 Å². The van der Waals surface area contributed by atoms with Crippen LogP contribution in [0.3, 0.4) is 0 Å². The van der Waals surface area contributed by atoms with Gasteiger partial charge in [-0.3, -0.25) is 0 Å². The van der Waals surface area contributed by atoms with E-state index in [1.54, 1.807) is 0 Å². The lowest BCUT2D eigenvalue weighted by molar-refractivity contribution is 0.143. The maximum absolute atomic E-state index is 10.7. The Kier molecular flexibility index (Phi) is 7.44. The van der Waals surface area contributed by atoms with Gasteiger partial charge in [-0.15, -0.1) is 11.6 Å². The maximum atomic E-state index is 10.7. The normalized spacial score (nSPS) is 10.0. The van der Waals surface area contributed by atoms with Crippen LogP contribution in [0.2, 0.25) is 0 Å². The molecule has 0 atom stereocenters. The molecule has 0 saturated heterocycles. The fourth-order valence-electron chi connectivity index (χ4n) is 1.69. The number of carboxylic acid groups (broad SMARTS) is 1. The molecule has 0 saturated carbocycles. The number of benzene rings is 1. The molecule has 102 valence electrons. The van der Waals surface area contributed by atoms with Crippen molar-refractivity contribution >= 4 is 17.8 Å². The highest BCUT2D eigenvalue weighted by atomic mass is 35.5. The summed E-state index contributed by atoms with van der Waals surface area (Å²) in [5.41, 5.74) is 1.88. The van der Waals surface area contributed by atoms with Gasteiger partial charge in [0.05, 0.1) is 0 Å². The van der Waals surface area contributed by atoms with E-state index in [4.69, 9.17) is 9.84 Å². The Morgan fingerprint density at radius 2 is 1.50 bits per heavy atom. The van der Waals surface area contributed by atoms with Crippen molar-refractivity contribution in [2.24, 2.45) is 0 Å². The first-order valence-corrected chi connectivity index (χ1v) is 6.60. The molecule has 0 radical (unpaired) electrons. The standard InChI is InChI=1S/C13H18O3.CH3Cl/c1-8(2)10-6-5-7-11(9(3)4)12(10)16-13(14)15;1-2/h5-9H,1-4H3,(H,14,15);1H3. The minimum atomic E-state index is -1.25. The highest BCUT2D eigenvalue weighted by Crippen LogP contribution is 2.34. The lowest BCUT2D eigenvalue weighted by Gasteiger charge is -2.17. The number of alkyl halides is 1. The molecule has 1 rings (SSSR count). The molecule has 0 aliphatic rings. The zero-order chi connectivity index (χ0) is 14.3. The third-order valence-corrected chi connectivity index (χ3v) is 2.51. The predicted molar refractivity (Wildman–Crippen MR) is 75.0 cm³/mol. The van der Waals surface area contributed by atoms with Gasteiger partial charge in [0.2, 0.25) is 0 Å². The van der Waals surface area contributed by atoms with Crippen molar-refractivity contribution in [3.63, 3.8) is 0 Å². The summed E-state index contributed by atoms with van der Waals surface area (Å²) in [6.45, 7) is 8.09.